The molecule has 0 atom stereocenters. The molecule has 1 aromatic heterocycles. The third kappa shape index (κ3) is 2.47. The summed E-state index contributed by atoms with van der Waals surface area (Å²) < 4.78 is 0. The van der Waals surface area contributed by atoms with E-state index in [1.165, 1.54) is 6.20 Å². The van der Waals surface area contributed by atoms with Gasteiger partial charge in [-0.25, -0.2) is 9.97 Å². The summed E-state index contributed by atoms with van der Waals surface area (Å²) in [5.41, 5.74) is 0.815. The van der Waals surface area contributed by atoms with Crippen LogP contribution in [-0.4, -0.2) is 9.97 Å². The summed E-state index contributed by atoms with van der Waals surface area (Å²) in [5, 5.41) is 12.3. The van der Waals surface area contributed by atoms with Gasteiger partial charge in [-0.05, 0) is 24.3 Å². The normalized spacial score (nSPS) is 9.50. The molecule has 78 valence electrons. The van der Waals surface area contributed by atoms with Crippen LogP contribution in [0.2, 0.25) is 5.02 Å². The molecule has 5 heteroatoms. The van der Waals surface area contributed by atoms with Crippen molar-refractivity contribution < 1.29 is 0 Å². The summed E-state index contributed by atoms with van der Waals surface area (Å²) in [6, 6.07) is 10.8. The number of nitrogens with one attached hydrogen (secondary N) is 1. The van der Waals surface area contributed by atoms with Gasteiger partial charge in [-0.1, -0.05) is 17.7 Å². The van der Waals surface area contributed by atoms with Gasteiger partial charge < -0.3 is 5.32 Å². The number of nitriles is 1. The Morgan fingerprint density at radius 1 is 1.31 bits per heavy atom. The molecular formula is C11H7ClN4. The Labute approximate surface area is 97.5 Å². The number of anilines is 2. The topological polar surface area (TPSA) is 61.6 Å². The van der Waals surface area contributed by atoms with Gasteiger partial charge in [-0.15, -0.1) is 0 Å². The quantitative estimate of drug-likeness (QED) is 0.862. The van der Waals surface area contributed by atoms with Gasteiger partial charge in [-0.2, -0.15) is 5.26 Å². The first-order valence-corrected chi connectivity index (χ1v) is 4.91. The fourth-order valence-electron chi connectivity index (χ4n) is 1.20. The Morgan fingerprint density at radius 2 is 2.19 bits per heavy atom. The molecule has 0 saturated heterocycles. The molecule has 4 nitrogen and oxygen atoms in total. The Morgan fingerprint density at radius 3 is 2.94 bits per heavy atom. The van der Waals surface area contributed by atoms with Crippen molar-refractivity contribution >= 4 is 23.1 Å². The number of halogens is 1. The maximum atomic E-state index is 8.65. The molecular weight excluding hydrogens is 224 g/mol. The summed E-state index contributed by atoms with van der Waals surface area (Å²) in [5.74, 6) is 0.695. The SMILES string of the molecule is N#Cc1nccc(Nc2cccc(Cl)c2)n1. The lowest BCUT2D eigenvalue weighted by Gasteiger charge is -2.04. The van der Waals surface area contributed by atoms with Crippen LogP contribution < -0.4 is 5.32 Å². The molecule has 1 heterocycles. The standard InChI is InChI=1S/C11H7ClN4/c12-8-2-1-3-9(6-8)15-10-4-5-14-11(7-13)16-10/h1-6H,(H,14,15,16). The number of benzene rings is 1. The minimum atomic E-state index is 0.132. The molecule has 1 aromatic carbocycles. The van der Waals surface area contributed by atoms with E-state index in [0.29, 0.717) is 10.8 Å². The summed E-state index contributed by atoms with van der Waals surface area (Å²) in [6.45, 7) is 0. The highest BCUT2D eigenvalue weighted by Crippen LogP contribution is 2.18. The van der Waals surface area contributed by atoms with Crippen molar-refractivity contribution in [3.8, 4) is 6.07 Å². The highest BCUT2D eigenvalue weighted by molar-refractivity contribution is 6.30. The molecule has 0 aliphatic heterocycles. The second-order valence-corrected chi connectivity index (χ2v) is 3.45. The van der Waals surface area contributed by atoms with Crippen molar-refractivity contribution in [2.75, 3.05) is 5.32 Å². The van der Waals surface area contributed by atoms with E-state index in [-0.39, 0.29) is 5.82 Å². The smallest absolute Gasteiger partial charge is 0.234 e. The van der Waals surface area contributed by atoms with Crippen molar-refractivity contribution in [1.82, 2.24) is 9.97 Å². The van der Waals surface area contributed by atoms with Crippen molar-refractivity contribution in [3.63, 3.8) is 0 Å². The van der Waals surface area contributed by atoms with E-state index >= 15 is 0 Å². The van der Waals surface area contributed by atoms with Crippen LogP contribution in [0.15, 0.2) is 36.5 Å². The maximum absolute atomic E-state index is 8.65. The van der Waals surface area contributed by atoms with Gasteiger partial charge in [-0.3, -0.25) is 0 Å². The molecule has 2 aromatic rings. The molecule has 0 spiro atoms. The summed E-state index contributed by atoms with van der Waals surface area (Å²) in [6.07, 6.45) is 1.53. The van der Waals surface area contributed by atoms with Crippen molar-refractivity contribution in [2.45, 2.75) is 0 Å². The van der Waals surface area contributed by atoms with E-state index in [1.807, 2.05) is 18.2 Å². The molecule has 2 rings (SSSR count). The van der Waals surface area contributed by atoms with Crippen molar-refractivity contribution in [3.05, 3.63) is 47.4 Å². The lowest BCUT2D eigenvalue weighted by Crippen LogP contribution is -1.96. The second-order valence-electron chi connectivity index (χ2n) is 3.01. The highest BCUT2D eigenvalue weighted by atomic mass is 35.5. The van der Waals surface area contributed by atoms with Gasteiger partial charge >= 0.3 is 0 Å². The molecule has 0 aliphatic carbocycles. The van der Waals surface area contributed by atoms with E-state index < -0.39 is 0 Å². The van der Waals surface area contributed by atoms with Crippen LogP contribution in [0.4, 0.5) is 11.5 Å². The molecule has 0 fully saturated rings. The largest absolute Gasteiger partial charge is 0.340 e. The summed E-state index contributed by atoms with van der Waals surface area (Å²) in [4.78, 5) is 7.77. The van der Waals surface area contributed by atoms with Gasteiger partial charge in [0, 0.05) is 16.9 Å². The minimum absolute atomic E-state index is 0.132. The number of hydrogen-bond acceptors (Lipinski definition) is 4. The second kappa shape index (κ2) is 4.60. The van der Waals surface area contributed by atoms with Gasteiger partial charge in [0.15, 0.2) is 0 Å². The van der Waals surface area contributed by atoms with E-state index in [0.717, 1.165) is 5.69 Å². The van der Waals surface area contributed by atoms with Crippen LogP contribution >= 0.6 is 11.6 Å². The number of hydrogen-bond donors (Lipinski definition) is 1. The molecule has 0 bridgehead atoms. The Kier molecular flexibility index (Phi) is 2.99. The molecule has 0 unspecified atom stereocenters. The first-order valence-electron chi connectivity index (χ1n) is 4.53. The fourth-order valence-corrected chi connectivity index (χ4v) is 1.39. The monoisotopic (exact) mass is 230 g/mol. The third-order valence-corrected chi connectivity index (χ3v) is 2.09. The molecule has 0 amide bonds. The first-order chi connectivity index (χ1) is 7.78. The molecule has 0 radical (unpaired) electrons. The molecule has 1 N–H and O–H groups in total. The number of rotatable bonds is 2. The molecule has 0 aliphatic rings. The Balaban J connectivity index is 2.24. The summed E-state index contributed by atoms with van der Waals surface area (Å²) in [7, 11) is 0. The third-order valence-electron chi connectivity index (χ3n) is 1.85. The Bertz CT molecular complexity index is 548. The lowest BCUT2D eigenvalue weighted by atomic mass is 10.3. The van der Waals surface area contributed by atoms with E-state index in [2.05, 4.69) is 15.3 Å². The zero-order valence-corrected chi connectivity index (χ0v) is 8.94. The van der Waals surface area contributed by atoms with Gasteiger partial charge in [0.1, 0.15) is 11.9 Å². The zero-order chi connectivity index (χ0) is 11.4. The minimum Gasteiger partial charge on any atom is -0.340 e. The van der Waals surface area contributed by atoms with Crippen molar-refractivity contribution in [2.24, 2.45) is 0 Å². The first kappa shape index (κ1) is 10.4. The van der Waals surface area contributed by atoms with Gasteiger partial charge in [0.25, 0.3) is 0 Å². The average Bonchev–Trinajstić information content (AvgIpc) is 2.29. The maximum Gasteiger partial charge on any atom is 0.234 e. The van der Waals surface area contributed by atoms with Crippen LogP contribution in [0, 0.1) is 11.3 Å². The zero-order valence-electron chi connectivity index (χ0n) is 8.18. The van der Waals surface area contributed by atoms with Crippen LogP contribution in [0.3, 0.4) is 0 Å². The van der Waals surface area contributed by atoms with E-state index in [9.17, 15) is 0 Å². The Hall–Kier alpha value is -2.12. The lowest BCUT2D eigenvalue weighted by molar-refractivity contribution is 1.11. The fraction of sp³-hybridized carbons (Fsp3) is 0. The van der Waals surface area contributed by atoms with Crippen molar-refractivity contribution in [1.29, 1.82) is 5.26 Å². The van der Waals surface area contributed by atoms with Crippen LogP contribution in [0.5, 0.6) is 0 Å². The molecule has 0 saturated carbocycles. The van der Waals surface area contributed by atoms with Crippen LogP contribution in [-0.2, 0) is 0 Å². The highest BCUT2D eigenvalue weighted by Gasteiger charge is 1.99. The van der Waals surface area contributed by atoms with E-state index in [1.54, 1.807) is 18.2 Å². The average molecular weight is 231 g/mol. The van der Waals surface area contributed by atoms with E-state index in [4.69, 9.17) is 16.9 Å². The predicted molar refractivity (Wildman–Crippen MR) is 61.5 cm³/mol. The van der Waals surface area contributed by atoms with Gasteiger partial charge in [0.2, 0.25) is 5.82 Å². The summed E-state index contributed by atoms with van der Waals surface area (Å²) >= 11 is 5.84. The van der Waals surface area contributed by atoms with Gasteiger partial charge in [0.05, 0.1) is 0 Å². The predicted octanol–water partition coefficient (Wildman–Crippen LogP) is 2.75. The number of aromatic nitrogens is 2. The van der Waals surface area contributed by atoms with Crippen LogP contribution in [0.1, 0.15) is 5.82 Å². The van der Waals surface area contributed by atoms with Crippen LogP contribution in [0.25, 0.3) is 0 Å². The number of nitrogens with zero attached hydrogens (tertiary/aromatic N) is 3. The molecule has 16 heavy (non-hydrogen) atoms.